The molecule has 0 saturated heterocycles. The van der Waals surface area contributed by atoms with Crippen LogP contribution in [0.3, 0.4) is 0 Å². The van der Waals surface area contributed by atoms with E-state index >= 15 is 0 Å². The second-order valence-corrected chi connectivity index (χ2v) is 5.50. The van der Waals surface area contributed by atoms with Crippen molar-refractivity contribution in [2.24, 2.45) is 0 Å². The van der Waals surface area contributed by atoms with E-state index in [1.807, 2.05) is 24.3 Å². The zero-order valence-corrected chi connectivity index (χ0v) is 12.1. The maximum Gasteiger partial charge on any atom is 0.0473 e. The van der Waals surface area contributed by atoms with Crippen LogP contribution in [0.2, 0.25) is 0 Å². The zero-order chi connectivity index (χ0) is 15.1. The fourth-order valence-electron chi connectivity index (χ4n) is 3.12. The Balaban J connectivity index is 2.23. The molecule has 0 radical (unpaired) electrons. The first-order valence-electron chi connectivity index (χ1n) is 7.30. The Labute approximate surface area is 129 Å². The predicted molar refractivity (Wildman–Crippen MR) is 95.7 cm³/mol. The summed E-state index contributed by atoms with van der Waals surface area (Å²) in [6.07, 6.45) is 0. The van der Waals surface area contributed by atoms with Gasteiger partial charge in [-0.1, -0.05) is 60.7 Å². The third-order valence-corrected chi connectivity index (χ3v) is 4.17. The van der Waals surface area contributed by atoms with Crippen LogP contribution in [0.4, 0.5) is 11.4 Å². The molecule has 0 unspecified atom stereocenters. The molecule has 106 valence electrons. The zero-order valence-electron chi connectivity index (χ0n) is 12.1. The number of nitrogen functional groups attached to an aromatic ring is 2. The Bertz CT molecular complexity index is 929. The van der Waals surface area contributed by atoms with Crippen molar-refractivity contribution >= 4 is 32.9 Å². The molecular weight excluding hydrogens is 268 g/mol. The number of fused-ring (bicyclic) bond motifs is 2. The average Bonchev–Trinajstić information content (AvgIpc) is 2.57. The fourth-order valence-corrected chi connectivity index (χ4v) is 3.12. The van der Waals surface area contributed by atoms with Gasteiger partial charge in [-0.25, -0.2) is 0 Å². The molecule has 0 bridgehead atoms. The van der Waals surface area contributed by atoms with Crippen LogP contribution in [-0.2, 0) is 0 Å². The minimum atomic E-state index is 0.771. The normalized spacial score (nSPS) is 11.1. The topological polar surface area (TPSA) is 52.0 Å². The van der Waals surface area contributed by atoms with Crippen molar-refractivity contribution < 1.29 is 0 Å². The van der Waals surface area contributed by atoms with Crippen molar-refractivity contribution in [3.63, 3.8) is 0 Å². The summed E-state index contributed by atoms with van der Waals surface area (Å²) in [6, 6.07) is 24.6. The molecule has 4 N–H and O–H groups in total. The molecule has 0 amide bonds. The number of nitrogens with two attached hydrogens (primary N) is 2. The summed E-state index contributed by atoms with van der Waals surface area (Å²) in [5.74, 6) is 0. The van der Waals surface area contributed by atoms with Gasteiger partial charge in [0.15, 0.2) is 0 Å². The summed E-state index contributed by atoms with van der Waals surface area (Å²) in [7, 11) is 0. The van der Waals surface area contributed by atoms with Crippen LogP contribution in [-0.4, -0.2) is 0 Å². The van der Waals surface area contributed by atoms with Gasteiger partial charge in [0.25, 0.3) is 0 Å². The van der Waals surface area contributed by atoms with Gasteiger partial charge in [0, 0.05) is 22.1 Å². The second kappa shape index (κ2) is 4.78. The second-order valence-electron chi connectivity index (χ2n) is 5.50. The van der Waals surface area contributed by atoms with E-state index in [4.69, 9.17) is 11.5 Å². The first-order chi connectivity index (χ1) is 10.8. The summed E-state index contributed by atoms with van der Waals surface area (Å²) in [5.41, 5.74) is 16.2. The standard InChI is InChI=1S/C20H16N2/c21-14-11-9-13(10-12-14)19-15-5-1-3-7-17(15)20(22)18-8-4-2-6-16(18)19/h1-12H,21-22H2. The lowest BCUT2D eigenvalue weighted by atomic mass is 9.91. The Hall–Kier alpha value is -3.00. The minimum absolute atomic E-state index is 0.771. The third kappa shape index (κ3) is 1.81. The summed E-state index contributed by atoms with van der Waals surface area (Å²) in [5, 5.41) is 4.52. The van der Waals surface area contributed by atoms with Crippen molar-refractivity contribution in [2.75, 3.05) is 11.5 Å². The maximum atomic E-state index is 6.41. The molecule has 0 heterocycles. The van der Waals surface area contributed by atoms with Crippen molar-refractivity contribution in [3.8, 4) is 11.1 Å². The van der Waals surface area contributed by atoms with Gasteiger partial charge in [-0.05, 0) is 34.0 Å². The van der Waals surface area contributed by atoms with Crippen LogP contribution in [0, 0.1) is 0 Å². The van der Waals surface area contributed by atoms with Crippen molar-refractivity contribution in [3.05, 3.63) is 72.8 Å². The SMILES string of the molecule is Nc1ccc(-c2c3ccccc3c(N)c3ccccc23)cc1. The maximum absolute atomic E-state index is 6.41. The van der Waals surface area contributed by atoms with Crippen molar-refractivity contribution in [2.45, 2.75) is 0 Å². The number of benzene rings is 4. The first-order valence-corrected chi connectivity index (χ1v) is 7.30. The van der Waals surface area contributed by atoms with Crippen LogP contribution in [0.5, 0.6) is 0 Å². The lowest BCUT2D eigenvalue weighted by Crippen LogP contribution is -1.93. The van der Waals surface area contributed by atoms with E-state index in [2.05, 4.69) is 48.5 Å². The smallest absolute Gasteiger partial charge is 0.0473 e. The van der Waals surface area contributed by atoms with Gasteiger partial charge in [0.2, 0.25) is 0 Å². The van der Waals surface area contributed by atoms with Gasteiger partial charge in [0.05, 0.1) is 0 Å². The molecule has 22 heavy (non-hydrogen) atoms. The fraction of sp³-hybridized carbons (Fsp3) is 0. The van der Waals surface area contributed by atoms with Crippen LogP contribution < -0.4 is 11.5 Å². The highest BCUT2D eigenvalue weighted by Gasteiger charge is 2.12. The number of rotatable bonds is 1. The Kier molecular flexibility index (Phi) is 2.76. The van der Waals surface area contributed by atoms with Crippen LogP contribution in [0.1, 0.15) is 0 Å². The molecular formula is C20H16N2. The van der Waals surface area contributed by atoms with E-state index in [-0.39, 0.29) is 0 Å². The van der Waals surface area contributed by atoms with E-state index in [0.717, 1.165) is 27.7 Å². The Morgan fingerprint density at radius 2 is 0.955 bits per heavy atom. The van der Waals surface area contributed by atoms with Crippen molar-refractivity contribution in [1.82, 2.24) is 0 Å². The molecule has 0 aliphatic rings. The molecule has 0 aliphatic heterocycles. The van der Waals surface area contributed by atoms with Crippen LogP contribution in [0.15, 0.2) is 72.8 Å². The molecule has 0 aromatic heterocycles. The molecule has 0 aliphatic carbocycles. The quantitative estimate of drug-likeness (QED) is 0.389. The largest absolute Gasteiger partial charge is 0.399 e. The highest BCUT2D eigenvalue weighted by Crippen LogP contribution is 2.40. The average molecular weight is 284 g/mol. The van der Waals surface area contributed by atoms with E-state index in [9.17, 15) is 0 Å². The monoisotopic (exact) mass is 284 g/mol. The molecule has 0 fully saturated rings. The number of anilines is 2. The summed E-state index contributed by atoms with van der Waals surface area (Å²) < 4.78 is 0. The summed E-state index contributed by atoms with van der Waals surface area (Å²) in [4.78, 5) is 0. The van der Waals surface area contributed by atoms with Gasteiger partial charge < -0.3 is 11.5 Å². The molecule has 2 nitrogen and oxygen atoms in total. The highest BCUT2D eigenvalue weighted by molar-refractivity contribution is 6.19. The van der Waals surface area contributed by atoms with Gasteiger partial charge in [-0.2, -0.15) is 0 Å². The lowest BCUT2D eigenvalue weighted by molar-refractivity contribution is 1.66. The molecule has 4 aromatic carbocycles. The first kappa shape index (κ1) is 12.7. The summed E-state index contributed by atoms with van der Waals surface area (Å²) >= 11 is 0. The lowest BCUT2D eigenvalue weighted by Gasteiger charge is -2.15. The number of hydrogen-bond acceptors (Lipinski definition) is 2. The molecule has 0 atom stereocenters. The summed E-state index contributed by atoms with van der Waals surface area (Å²) in [6.45, 7) is 0. The van der Waals surface area contributed by atoms with E-state index < -0.39 is 0 Å². The third-order valence-electron chi connectivity index (χ3n) is 4.17. The molecule has 0 saturated carbocycles. The minimum Gasteiger partial charge on any atom is -0.399 e. The van der Waals surface area contributed by atoms with Gasteiger partial charge in [0.1, 0.15) is 0 Å². The van der Waals surface area contributed by atoms with E-state index in [1.165, 1.54) is 16.3 Å². The predicted octanol–water partition coefficient (Wildman–Crippen LogP) is 4.82. The Morgan fingerprint density at radius 3 is 1.45 bits per heavy atom. The van der Waals surface area contributed by atoms with Crippen LogP contribution >= 0.6 is 0 Å². The highest BCUT2D eigenvalue weighted by atomic mass is 14.6. The molecule has 4 rings (SSSR count). The van der Waals surface area contributed by atoms with E-state index in [1.54, 1.807) is 0 Å². The molecule has 2 heteroatoms. The van der Waals surface area contributed by atoms with Crippen molar-refractivity contribution in [1.29, 1.82) is 0 Å². The van der Waals surface area contributed by atoms with Gasteiger partial charge >= 0.3 is 0 Å². The molecule has 0 spiro atoms. The number of hydrogen-bond donors (Lipinski definition) is 2. The van der Waals surface area contributed by atoms with Crippen LogP contribution in [0.25, 0.3) is 32.7 Å². The Morgan fingerprint density at radius 1 is 0.500 bits per heavy atom. The van der Waals surface area contributed by atoms with Gasteiger partial charge in [-0.15, -0.1) is 0 Å². The van der Waals surface area contributed by atoms with E-state index in [0.29, 0.717) is 0 Å². The molecule has 4 aromatic rings. The van der Waals surface area contributed by atoms with Gasteiger partial charge in [-0.3, -0.25) is 0 Å².